The smallest absolute Gasteiger partial charge is 0.191 e. The highest BCUT2D eigenvalue weighted by atomic mass is 32.2. The van der Waals surface area contributed by atoms with E-state index in [2.05, 4.69) is 16.3 Å². The van der Waals surface area contributed by atoms with E-state index in [1.807, 2.05) is 35.9 Å². The van der Waals surface area contributed by atoms with Crippen LogP contribution in [0.2, 0.25) is 0 Å². The summed E-state index contributed by atoms with van der Waals surface area (Å²) in [5.41, 5.74) is 1.02. The molecule has 0 aliphatic heterocycles. The molecule has 0 fully saturated rings. The van der Waals surface area contributed by atoms with Gasteiger partial charge in [0.1, 0.15) is 5.75 Å². The number of unbranched alkanes of at least 4 members (excludes halogenated alkanes) is 2. The first-order valence-electron chi connectivity index (χ1n) is 6.80. The Bertz CT molecular complexity index is 616. The third-order valence-electron chi connectivity index (χ3n) is 3.10. The van der Waals surface area contributed by atoms with Gasteiger partial charge in [-0.15, -0.1) is 10.2 Å². The first-order chi connectivity index (χ1) is 10.3. The number of hydrogen-bond acceptors (Lipinski definition) is 5. The molecule has 0 atom stereocenters. The van der Waals surface area contributed by atoms with Crippen LogP contribution in [0.1, 0.15) is 19.3 Å². The van der Waals surface area contributed by atoms with Crippen LogP contribution in [-0.2, 0) is 7.05 Å². The number of methoxy groups -OCH3 is 1. The highest BCUT2D eigenvalue weighted by Gasteiger charge is 2.11. The molecule has 0 saturated heterocycles. The Morgan fingerprint density at radius 2 is 2.00 bits per heavy atom. The van der Waals surface area contributed by atoms with Crippen molar-refractivity contribution in [3.63, 3.8) is 0 Å². The van der Waals surface area contributed by atoms with Crippen molar-refractivity contribution in [3.8, 4) is 23.2 Å². The van der Waals surface area contributed by atoms with E-state index in [1.54, 1.807) is 18.9 Å². The monoisotopic (exact) mass is 302 g/mol. The van der Waals surface area contributed by atoms with Gasteiger partial charge >= 0.3 is 0 Å². The molecule has 0 N–H and O–H groups in total. The molecule has 6 heteroatoms. The zero-order valence-electron chi connectivity index (χ0n) is 12.2. The van der Waals surface area contributed by atoms with Crippen LogP contribution in [-0.4, -0.2) is 27.6 Å². The molecule has 0 saturated carbocycles. The topological polar surface area (TPSA) is 63.7 Å². The number of nitriles is 1. The van der Waals surface area contributed by atoms with Crippen molar-refractivity contribution in [1.29, 1.82) is 5.26 Å². The van der Waals surface area contributed by atoms with Gasteiger partial charge in [0.25, 0.3) is 0 Å². The van der Waals surface area contributed by atoms with Crippen molar-refractivity contribution in [3.05, 3.63) is 24.3 Å². The van der Waals surface area contributed by atoms with Gasteiger partial charge < -0.3 is 9.30 Å². The fraction of sp³-hybridized carbons (Fsp3) is 0.400. The number of aromatic nitrogens is 3. The number of thioether (sulfide) groups is 1. The van der Waals surface area contributed by atoms with E-state index >= 15 is 0 Å². The van der Waals surface area contributed by atoms with E-state index < -0.39 is 0 Å². The molecule has 0 spiro atoms. The molecule has 2 aromatic rings. The molecule has 0 radical (unpaired) electrons. The molecule has 1 aromatic heterocycles. The van der Waals surface area contributed by atoms with Crippen molar-refractivity contribution in [2.75, 3.05) is 12.9 Å². The first-order valence-corrected chi connectivity index (χ1v) is 7.78. The second-order valence-corrected chi connectivity index (χ2v) is 5.62. The maximum Gasteiger partial charge on any atom is 0.191 e. The standard InChI is InChI=1S/C15H18N4OS/c1-19-14(12-6-8-13(20-2)9-7-12)17-18-15(19)21-11-5-3-4-10-16/h6-9H,3-5,11H2,1-2H3. The molecule has 0 aliphatic carbocycles. The quantitative estimate of drug-likeness (QED) is 0.580. The van der Waals surface area contributed by atoms with Gasteiger partial charge in [0.05, 0.1) is 13.2 Å². The first kappa shape index (κ1) is 15.4. The zero-order chi connectivity index (χ0) is 15.1. The van der Waals surface area contributed by atoms with Gasteiger partial charge in [-0.3, -0.25) is 0 Å². The number of nitrogens with zero attached hydrogens (tertiary/aromatic N) is 4. The molecule has 0 aliphatic rings. The summed E-state index contributed by atoms with van der Waals surface area (Å²) in [5, 5.41) is 17.9. The minimum Gasteiger partial charge on any atom is -0.497 e. The van der Waals surface area contributed by atoms with Crippen LogP contribution in [0.5, 0.6) is 5.75 Å². The lowest BCUT2D eigenvalue weighted by Crippen LogP contribution is -1.95. The van der Waals surface area contributed by atoms with Crippen molar-refractivity contribution >= 4 is 11.8 Å². The third kappa shape index (κ3) is 3.99. The third-order valence-corrected chi connectivity index (χ3v) is 4.20. The van der Waals surface area contributed by atoms with Crippen LogP contribution in [0.25, 0.3) is 11.4 Å². The van der Waals surface area contributed by atoms with Crippen LogP contribution in [0.4, 0.5) is 0 Å². The van der Waals surface area contributed by atoms with Gasteiger partial charge in [-0.25, -0.2) is 0 Å². The van der Waals surface area contributed by atoms with Crippen LogP contribution < -0.4 is 4.74 Å². The Labute approximate surface area is 128 Å². The molecule has 1 heterocycles. The van der Waals surface area contributed by atoms with E-state index in [1.165, 1.54) is 0 Å². The van der Waals surface area contributed by atoms with E-state index in [-0.39, 0.29) is 0 Å². The second-order valence-electron chi connectivity index (χ2n) is 4.56. The Balaban J connectivity index is 2.00. The molecule has 110 valence electrons. The second kappa shape index (κ2) is 7.70. The van der Waals surface area contributed by atoms with E-state index in [0.29, 0.717) is 6.42 Å². The summed E-state index contributed by atoms with van der Waals surface area (Å²) >= 11 is 1.68. The van der Waals surface area contributed by atoms with Crippen LogP contribution in [0.15, 0.2) is 29.4 Å². The Morgan fingerprint density at radius 3 is 2.67 bits per heavy atom. The van der Waals surface area contributed by atoms with Crippen molar-refractivity contribution in [2.45, 2.75) is 24.4 Å². The average molecular weight is 302 g/mol. The van der Waals surface area contributed by atoms with Gasteiger partial charge in [0.2, 0.25) is 0 Å². The summed E-state index contributed by atoms with van der Waals surface area (Å²) in [4.78, 5) is 0. The van der Waals surface area contributed by atoms with Crippen LogP contribution >= 0.6 is 11.8 Å². The summed E-state index contributed by atoms with van der Waals surface area (Å²) in [6.07, 6.45) is 2.58. The molecule has 2 rings (SSSR count). The summed E-state index contributed by atoms with van der Waals surface area (Å²) in [6, 6.07) is 9.94. The van der Waals surface area contributed by atoms with Gasteiger partial charge in [-0.1, -0.05) is 11.8 Å². The Hall–Kier alpha value is -2.00. The van der Waals surface area contributed by atoms with E-state index in [4.69, 9.17) is 10.00 Å². The lowest BCUT2D eigenvalue weighted by molar-refractivity contribution is 0.415. The fourth-order valence-corrected chi connectivity index (χ4v) is 2.81. The van der Waals surface area contributed by atoms with E-state index in [9.17, 15) is 0 Å². The summed E-state index contributed by atoms with van der Waals surface area (Å²) in [7, 11) is 3.62. The van der Waals surface area contributed by atoms with Gasteiger partial charge in [-0.05, 0) is 37.1 Å². The van der Waals surface area contributed by atoms with Crippen molar-refractivity contribution in [2.24, 2.45) is 7.05 Å². The van der Waals surface area contributed by atoms with Crippen LogP contribution in [0, 0.1) is 11.3 Å². The molecule has 0 bridgehead atoms. The predicted octanol–water partition coefficient (Wildman–Crippen LogP) is 3.28. The lowest BCUT2D eigenvalue weighted by atomic mass is 10.2. The van der Waals surface area contributed by atoms with Crippen LogP contribution in [0.3, 0.4) is 0 Å². The van der Waals surface area contributed by atoms with Gasteiger partial charge in [0.15, 0.2) is 11.0 Å². The number of hydrogen-bond donors (Lipinski definition) is 0. The van der Waals surface area contributed by atoms with Crippen molar-refractivity contribution in [1.82, 2.24) is 14.8 Å². The Kier molecular flexibility index (Phi) is 5.64. The minimum absolute atomic E-state index is 0.622. The summed E-state index contributed by atoms with van der Waals surface area (Å²) in [5.74, 6) is 2.63. The molecule has 1 aromatic carbocycles. The molecule has 0 unspecified atom stereocenters. The maximum absolute atomic E-state index is 8.50. The molecule has 5 nitrogen and oxygen atoms in total. The average Bonchev–Trinajstić information content (AvgIpc) is 2.88. The largest absolute Gasteiger partial charge is 0.497 e. The zero-order valence-corrected chi connectivity index (χ0v) is 13.1. The highest BCUT2D eigenvalue weighted by molar-refractivity contribution is 7.99. The van der Waals surface area contributed by atoms with Crippen molar-refractivity contribution < 1.29 is 4.74 Å². The minimum atomic E-state index is 0.622. The Morgan fingerprint density at radius 1 is 1.24 bits per heavy atom. The SMILES string of the molecule is COc1ccc(-c2nnc(SCCCCC#N)n2C)cc1. The summed E-state index contributed by atoms with van der Waals surface area (Å²) in [6.45, 7) is 0. The number of benzene rings is 1. The molecule has 0 amide bonds. The molecular weight excluding hydrogens is 284 g/mol. The summed E-state index contributed by atoms with van der Waals surface area (Å²) < 4.78 is 7.15. The molecule has 21 heavy (non-hydrogen) atoms. The maximum atomic E-state index is 8.50. The van der Waals surface area contributed by atoms with E-state index in [0.717, 1.165) is 40.9 Å². The number of ether oxygens (including phenoxy) is 1. The van der Waals surface area contributed by atoms with Gasteiger partial charge in [0, 0.05) is 24.8 Å². The van der Waals surface area contributed by atoms with Gasteiger partial charge in [-0.2, -0.15) is 5.26 Å². The molecular formula is C15H18N4OS. The fourth-order valence-electron chi connectivity index (χ4n) is 1.90. The number of rotatable bonds is 7. The predicted molar refractivity (Wildman–Crippen MR) is 83.2 cm³/mol. The lowest BCUT2D eigenvalue weighted by Gasteiger charge is -2.04. The highest BCUT2D eigenvalue weighted by Crippen LogP contribution is 2.24. The normalized spacial score (nSPS) is 10.3.